The summed E-state index contributed by atoms with van der Waals surface area (Å²) in [6.45, 7) is 4.80. The van der Waals surface area contributed by atoms with Gasteiger partial charge in [-0.05, 0) is 56.6 Å². The Balaban J connectivity index is 1.63. The molecule has 1 aliphatic rings. The van der Waals surface area contributed by atoms with Gasteiger partial charge >= 0.3 is 0 Å². The number of benzene rings is 1. The normalized spacial score (nSPS) is 18.2. The van der Waals surface area contributed by atoms with Gasteiger partial charge in [-0.3, -0.25) is 9.58 Å². The first-order valence-electron chi connectivity index (χ1n) is 8.31. The van der Waals surface area contributed by atoms with Crippen LogP contribution in [0, 0.1) is 5.82 Å². The molecule has 1 aliphatic heterocycles. The van der Waals surface area contributed by atoms with E-state index in [1.165, 1.54) is 11.8 Å². The molecule has 1 unspecified atom stereocenters. The third kappa shape index (κ3) is 3.62. The highest BCUT2D eigenvalue weighted by Gasteiger charge is 2.26. The number of halogens is 1. The summed E-state index contributed by atoms with van der Waals surface area (Å²) in [7, 11) is 0. The summed E-state index contributed by atoms with van der Waals surface area (Å²) in [6.07, 6.45) is 3.94. The second-order valence-electron chi connectivity index (χ2n) is 6.24. The lowest BCUT2D eigenvalue weighted by Gasteiger charge is -2.36. The molecule has 0 radical (unpaired) electrons. The molecule has 0 aliphatic carbocycles. The quantitative estimate of drug-likeness (QED) is 0.922. The molecule has 3 rings (SSSR count). The number of aliphatic hydroxyl groups is 1. The summed E-state index contributed by atoms with van der Waals surface area (Å²) >= 11 is 0. The average molecular weight is 317 g/mol. The summed E-state index contributed by atoms with van der Waals surface area (Å²) < 4.78 is 15.3. The van der Waals surface area contributed by atoms with E-state index in [0.29, 0.717) is 12.5 Å². The van der Waals surface area contributed by atoms with Gasteiger partial charge in [0.25, 0.3) is 0 Å². The van der Waals surface area contributed by atoms with E-state index in [4.69, 9.17) is 5.11 Å². The van der Waals surface area contributed by atoms with Gasteiger partial charge in [-0.25, -0.2) is 4.39 Å². The first-order valence-corrected chi connectivity index (χ1v) is 8.31. The third-order valence-electron chi connectivity index (χ3n) is 4.89. The molecule has 4 nitrogen and oxygen atoms in total. The van der Waals surface area contributed by atoms with Crippen LogP contribution in [0.4, 0.5) is 4.39 Å². The van der Waals surface area contributed by atoms with Gasteiger partial charge in [0.05, 0.1) is 13.2 Å². The maximum Gasteiger partial charge on any atom is 0.123 e. The average Bonchev–Trinajstić information content (AvgIpc) is 3.03. The van der Waals surface area contributed by atoms with Crippen LogP contribution in [-0.4, -0.2) is 39.5 Å². The molecule has 1 saturated heterocycles. The van der Waals surface area contributed by atoms with Gasteiger partial charge in [-0.15, -0.1) is 0 Å². The maximum atomic E-state index is 13.4. The number of hydrogen-bond donors (Lipinski definition) is 1. The summed E-state index contributed by atoms with van der Waals surface area (Å²) in [5.74, 6) is 0.317. The highest BCUT2D eigenvalue weighted by Crippen LogP contribution is 2.32. The number of piperidine rings is 1. The first-order chi connectivity index (χ1) is 11.2. The lowest BCUT2D eigenvalue weighted by Crippen LogP contribution is -2.35. The van der Waals surface area contributed by atoms with Crippen LogP contribution in [0.2, 0.25) is 0 Å². The Labute approximate surface area is 136 Å². The van der Waals surface area contributed by atoms with Crippen molar-refractivity contribution in [2.45, 2.75) is 38.3 Å². The summed E-state index contributed by atoms with van der Waals surface area (Å²) in [5.41, 5.74) is 2.26. The van der Waals surface area contributed by atoms with Gasteiger partial charge in [0.1, 0.15) is 5.82 Å². The Kier molecular flexibility index (Phi) is 5.08. The number of aromatic nitrogens is 2. The number of rotatable bonds is 5. The van der Waals surface area contributed by atoms with E-state index in [2.05, 4.69) is 23.0 Å². The van der Waals surface area contributed by atoms with E-state index in [0.717, 1.165) is 31.5 Å². The molecule has 124 valence electrons. The molecule has 2 aromatic rings. The van der Waals surface area contributed by atoms with Gasteiger partial charge in [0, 0.05) is 23.9 Å². The summed E-state index contributed by atoms with van der Waals surface area (Å²) in [5, 5.41) is 13.4. The van der Waals surface area contributed by atoms with Crippen molar-refractivity contribution in [1.29, 1.82) is 0 Å². The second kappa shape index (κ2) is 7.23. The number of hydrogen-bond acceptors (Lipinski definition) is 3. The van der Waals surface area contributed by atoms with Crippen molar-refractivity contribution in [2.24, 2.45) is 0 Å². The van der Waals surface area contributed by atoms with E-state index in [1.54, 1.807) is 12.1 Å². The molecule has 0 bridgehead atoms. The monoisotopic (exact) mass is 317 g/mol. The number of likely N-dealkylation sites (tertiary alicyclic amines) is 1. The van der Waals surface area contributed by atoms with Gasteiger partial charge in [-0.2, -0.15) is 5.10 Å². The van der Waals surface area contributed by atoms with E-state index in [-0.39, 0.29) is 18.5 Å². The fourth-order valence-electron chi connectivity index (χ4n) is 3.53. The number of aliphatic hydroxyl groups excluding tert-OH is 1. The minimum absolute atomic E-state index is 0.115. The zero-order valence-corrected chi connectivity index (χ0v) is 13.5. The van der Waals surface area contributed by atoms with E-state index in [9.17, 15) is 4.39 Å². The van der Waals surface area contributed by atoms with Crippen LogP contribution in [0.1, 0.15) is 43.0 Å². The third-order valence-corrected chi connectivity index (χ3v) is 4.89. The molecule has 0 saturated carbocycles. The van der Waals surface area contributed by atoms with E-state index < -0.39 is 0 Å². The SMILES string of the molecule is CC(c1cccc(F)c1)N1CCC(c2ccnn2CCO)CC1. The van der Waals surface area contributed by atoms with E-state index in [1.807, 2.05) is 16.9 Å². The molecule has 5 heteroatoms. The van der Waals surface area contributed by atoms with Gasteiger partial charge in [0.2, 0.25) is 0 Å². The van der Waals surface area contributed by atoms with Crippen LogP contribution >= 0.6 is 0 Å². The Morgan fingerprint density at radius 3 is 2.78 bits per heavy atom. The predicted octanol–water partition coefficient (Wildman–Crippen LogP) is 2.96. The van der Waals surface area contributed by atoms with Crippen molar-refractivity contribution in [2.75, 3.05) is 19.7 Å². The second-order valence-corrected chi connectivity index (χ2v) is 6.24. The van der Waals surface area contributed by atoms with Crippen LogP contribution in [0.25, 0.3) is 0 Å². The molecule has 1 aromatic carbocycles. The molecule has 2 heterocycles. The summed E-state index contributed by atoms with van der Waals surface area (Å²) in [6, 6.07) is 9.19. The predicted molar refractivity (Wildman–Crippen MR) is 87.7 cm³/mol. The van der Waals surface area contributed by atoms with Gasteiger partial charge in [-0.1, -0.05) is 12.1 Å². The zero-order chi connectivity index (χ0) is 16.2. The Bertz CT molecular complexity index is 635. The van der Waals surface area contributed by atoms with Crippen molar-refractivity contribution in [3.8, 4) is 0 Å². The van der Waals surface area contributed by atoms with Crippen LogP contribution < -0.4 is 0 Å². The lowest BCUT2D eigenvalue weighted by molar-refractivity contribution is 0.159. The van der Waals surface area contributed by atoms with Crippen LogP contribution in [0.3, 0.4) is 0 Å². The van der Waals surface area contributed by atoms with Gasteiger partial charge < -0.3 is 5.11 Å². The molecule has 0 amide bonds. The standard InChI is InChI=1S/C18H24FN3O/c1-14(16-3-2-4-17(19)13-16)21-9-6-15(7-10-21)18-5-8-20-22(18)11-12-23/h2-5,8,13-15,23H,6-7,9-12H2,1H3. The highest BCUT2D eigenvalue weighted by atomic mass is 19.1. The van der Waals surface area contributed by atoms with Gasteiger partial charge in [0.15, 0.2) is 0 Å². The highest BCUT2D eigenvalue weighted by molar-refractivity contribution is 5.20. The van der Waals surface area contributed by atoms with Crippen molar-refractivity contribution in [3.05, 3.63) is 53.6 Å². The zero-order valence-electron chi connectivity index (χ0n) is 13.5. The van der Waals surface area contributed by atoms with Crippen LogP contribution in [0.15, 0.2) is 36.5 Å². The molecule has 23 heavy (non-hydrogen) atoms. The fourth-order valence-corrected chi connectivity index (χ4v) is 3.53. The molecule has 0 spiro atoms. The molecular formula is C18H24FN3O. The topological polar surface area (TPSA) is 41.3 Å². The maximum absolute atomic E-state index is 13.4. The van der Waals surface area contributed by atoms with Crippen molar-refractivity contribution in [3.63, 3.8) is 0 Å². The van der Waals surface area contributed by atoms with Crippen molar-refractivity contribution >= 4 is 0 Å². The molecule has 1 aromatic heterocycles. The minimum atomic E-state index is -0.169. The minimum Gasteiger partial charge on any atom is -0.394 e. The van der Waals surface area contributed by atoms with E-state index >= 15 is 0 Å². The smallest absolute Gasteiger partial charge is 0.123 e. The Hall–Kier alpha value is -1.72. The molecule has 1 N–H and O–H groups in total. The van der Waals surface area contributed by atoms with Crippen molar-refractivity contribution < 1.29 is 9.50 Å². The van der Waals surface area contributed by atoms with Crippen molar-refractivity contribution in [1.82, 2.24) is 14.7 Å². The first kappa shape index (κ1) is 16.1. The molecule has 1 fully saturated rings. The largest absolute Gasteiger partial charge is 0.394 e. The molecular weight excluding hydrogens is 293 g/mol. The Morgan fingerprint density at radius 1 is 1.30 bits per heavy atom. The molecule has 1 atom stereocenters. The number of nitrogens with zero attached hydrogens (tertiary/aromatic N) is 3. The van der Waals surface area contributed by atoms with Crippen LogP contribution in [-0.2, 0) is 6.54 Å². The van der Waals surface area contributed by atoms with Crippen LogP contribution in [0.5, 0.6) is 0 Å². The lowest BCUT2D eigenvalue weighted by atomic mass is 9.92. The fraction of sp³-hybridized carbons (Fsp3) is 0.500. The Morgan fingerprint density at radius 2 is 2.09 bits per heavy atom. The summed E-state index contributed by atoms with van der Waals surface area (Å²) in [4.78, 5) is 2.41.